The first-order valence-corrected chi connectivity index (χ1v) is 7.47. The van der Waals surface area contributed by atoms with Crippen molar-refractivity contribution in [1.82, 2.24) is 10.2 Å². The summed E-state index contributed by atoms with van der Waals surface area (Å²) in [5.41, 5.74) is 0. The fourth-order valence-electron chi connectivity index (χ4n) is 2.52. The van der Waals surface area contributed by atoms with Crippen molar-refractivity contribution >= 4 is 17.8 Å². The Morgan fingerprint density at radius 2 is 2.06 bits per heavy atom. The van der Waals surface area contributed by atoms with Gasteiger partial charge < -0.3 is 10.2 Å². The van der Waals surface area contributed by atoms with Crippen LogP contribution in [0.3, 0.4) is 0 Å². The van der Waals surface area contributed by atoms with Gasteiger partial charge in [-0.2, -0.15) is 11.8 Å². The van der Waals surface area contributed by atoms with Crippen molar-refractivity contribution in [3.63, 3.8) is 0 Å². The maximum Gasteiger partial charge on any atom is 0.317 e. The summed E-state index contributed by atoms with van der Waals surface area (Å²) in [5, 5.41) is 3.78. The number of amides is 2. The number of carbonyl (C=O) groups is 1. The Labute approximate surface area is 102 Å². The second-order valence-electron chi connectivity index (χ2n) is 4.91. The Hall–Kier alpha value is -0.380. The normalized spacial score (nSPS) is 27.8. The fraction of sp³-hybridized carbons (Fsp3) is 0.917. The van der Waals surface area contributed by atoms with Crippen molar-refractivity contribution in [2.45, 2.75) is 50.3 Å². The average molecular weight is 242 g/mol. The molecule has 1 unspecified atom stereocenters. The molecule has 1 aliphatic heterocycles. The second kappa shape index (κ2) is 5.80. The van der Waals surface area contributed by atoms with Crippen LogP contribution in [-0.4, -0.2) is 41.1 Å². The molecule has 0 aromatic carbocycles. The van der Waals surface area contributed by atoms with Crippen molar-refractivity contribution in [3.05, 3.63) is 0 Å². The second-order valence-corrected chi connectivity index (χ2v) is 6.46. The minimum atomic E-state index is 0.166. The number of nitrogens with one attached hydrogen (secondary N) is 1. The van der Waals surface area contributed by atoms with Gasteiger partial charge in [-0.1, -0.05) is 26.2 Å². The molecule has 2 rings (SSSR count). The van der Waals surface area contributed by atoms with Gasteiger partial charge in [-0.25, -0.2) is 4.79 Å². The molecule has 16 heavy (non-hydrogen) atoms. The van der Waals surface area contributed by atoms with E-state index >= 15 is 0 Å². The molecule has 1 aliphatic carbocycles. The molecule has 1 N–H and O–H groups in total. The first-order valence-electron chi connectivity index (χ1n) is 6.43. The van der Waals surface area contributed by atoms with Gasteiger partial charge in [-0.15, -0.1) is 0 Å². The van der Waals surface area contributed by atoms with Crippen LogP contribution >= 0.6 is 11.8 Å². The van der Waals surface area contributed by atoms with Crippen LogP contribution in [-0.2, 0) is 0 Å². The standard InChI is InChI=1S/C12H22N2OS/c1-10-9-14(7-8-16-10)12(15)13-11-5-3-2-4-6-11/h10-11H,2-9H2,1H3,(H,13,15). The molecule has 0 radical (unpaired) electrons. The Morgan fingerprint density at radius 3 is 2.75 bits per heavy atom. The predicted octanol–water partition coefficient (Wildman–Crippen LogP) is 2.47. The largest absolute Gasteiger partial charge is 0.335 e. The Balaban J connectivity index is 1.77. The highest BCUT2D eigenvalue weighted by Gasteiger charge is 2.23. The third kappa shape index (κ3) is 3.30. The summed E-state index contributed by atoms with van der Waals surface area (Å²) in [6.07, 6.45) is 6.23. The van der Waals surface area contributed by atoms with Crippen LogP contribution in [0.25, 0.3) is 0 Å². The van der Waals surface area contributed by atoms with Gasteiger partial charge in [0.15, 0.2) is 0 Å². The Morgan fingerprint density at radius 1 is 1.31 bits per heavy atom. The van der Waals surface area contributed by atoms with Crippen molar-refractivity contribution in [3.8, 4) is 0 Å². The van der Waals surface area contributed by atoms with Crippen LogP contribution in [0.2, 0.25) is 0 Å². The summed E-state index contributed by atoms with van der Waals surface area (Å²) in [5.74, 6) is 1.08. The summed E-state index contributed by atoms with van der Waals surface area (Å²) in [6.45, 7) is 4.02. The van der Waals surface area contributed by atoms with Crippen LogP contribution in [0, 0.1) is 0 Å². The molecule has 3 nitrogen and oxygen atoms in total. The zero-order valence-electron chi connectivity index (χ0n) is 10.1. The van der Waals surface area contributed by atoms with Crippen LogP contribution in [0.15, 0.2) is 0 Å². The molecular weight excluding hydrogens is 220 g/mol. The number of urea groups is 1. The molecule has 2 amide bonds. The maximum absolute atomic E-state index is 12.0. The summed E-state index contributed by atoms with van der Waals surface area (Å²) in [7, 11) is 0. The molecule has 1 atom stereocenters. The number of carbonyl (C=O) groups excluding carboxylic acids is 1. The van der Waals surface area contributed by atoms with E-state index in [9.17, 15) is 4.79 Å². The van der Waals surface area contributed by atoms with Crippen LogP contribution in [0.1, 0.15) is 39.0 Å². The molecule has 0 spiro atoms. The highest BCUT2D eigenvalue weighted by Crippen LogP contribution is 2.20. The van der Waals surface area contributed by atoms with Crippen molar-refractivity contribution < 1.29 is 4.79 Å². The molecule has 92 valence electrons. The number of nitrogens with zero attached hydrogens (tertiary/aromatic N) is 1. The fourth-order valence-corrected chi connectivity index (χ4v) is 3.53. The van der Waals surface area contributed by atoms with E-state index in [-0.39, 0.29) is 6.03 Å². The average Bonchev–Trinajstić information content (AvgIpc) is 2.30. The van der Waals surface area contributed by atoms with Crippen LogP contribution in [0.4, 0.5) is 4.79 Å². The third-order valence-electron chi connectivity index (χ3n) is 3.46. The van der Waals surface area contributed by atoms with Gasteiger partial charge in [0.25, 0.3) is 0 Å². The molecule has 0 bridgehead atoms. The van der Waals surface area contributed by atoms with E-state index in [0.29, 0.717) is 11.3 Å². The monoisotopic (exact) mass is 242 g/mol. The van der Waals surface area contributed by atoms with Gasteiger partial charge in [0.05, 0.1) is 0 Å². The molecule has 0 aromatic rings. The lowest BCUT2D eigenvalue weighted by Crippen LogP contribution is -2.49. The Bertz CT molecular complexity index is 241. The lowest BCUT2D eigenvalue weighted by atomic mass is 9.96. The van der Waals surface area contributed by atoms with E-state index in [1.165, 1.54) is 32.1 Å². The van der Waals surface area contributed by atoms with E-state index in [1.54, 1.807) is 0 Å². The maximum atomic E-state index is 12.0. The van der Waals surface area contributed by atoms with Gasteiger partial charge >= 0.3 is 6.03 Å². The van der Waals surface area contributed by atoms with Crippen molar-refractivity contribution in [2.75, 3.05) is 18.8 Å². The van der Waals surface area contributed by atoms with Gasteiger partial charge in [0.2, 0.25) is 0 Å². The lowest BCUT2D eigenvalue weighted by Gasteiger charge is -2.33. The zero-order chi connectivity index (χ0) is 11.4. The van der Waals surface area contributed by atoms with Gasteiger partial charge in [0, 0.05) is 30.1 Å². The lowest BCUT2D eigenvalue weighted by molar-refractivity contribution is 0.192. The SMILES string of the molecule is CC1CN(C(=O)NC2CCCCC2)CCS1. The molecule has 0 aromatic heterocycles. The van der Waals surface area contributed by atoms with Crippen LogP contribution in [0.5, 0.6) is 0 Å². The van der Waals surface area contributed by atoms with E-state index in [0.717, 1.165) is 18.8 Å². The van der Waals surface area contributed by atoms with Crippen molar-refractivity contribution in [2.24, 2.45) is 0 Å². The molecule has 2 fully saturated rings. The number of hydrogen-bond acceptors (Lipinski definition) is 2. The third-order valence-corrected chi connectivity index (χ3v) is 4.60. The van der Waals surface area contributed by atoms with Crippen LogP contribution < -0.4 is 5.32 Å². The first-order chi connectivity index (χ1) is 7.75. The molecule has 1 heterocycles. The quantitative estimate of drug-likeness (QED) is 0.766. The summed E-state index contributed by atoms with van der Waals surface area (Å²) in [4.78, 5) is 14.0. The topological polar surface area (TPSA) is 32.3 Å². The molecule has 1 saturated carbocycles. The van der Waals surface area contributed by atoms with E-state index in [4.69, 9.17) is 0 Å². The van der Waals surface area contributed by atoms with E-state index in [1.807, 2.05) is 16.7 Å². The summed E-state index contributed by atoms with van der Waals surface area (Å²) in [6, 6.07) is 0.602. The first kappa shape index (κ1) is 12.1. The van der Waals surface area contributed by atoms with E-state index in [2.05, 4.69) is 12.2 Å². The van der Waals surface area contributed by atoms with Gasteiger partial charge in [0.1, 0.15) is 0 Å². The highest BCUT2D eigenvalue weighted by molar-refractivity contribution is 7.99. The van der Waals surface area contributed by atoms with Gasteiger partial charge in [-0.05, 0) is 12.8 Å². The minimum Gasteiger partial charge on any atom is -0.335 e. The molecule has 1 saturated heterocycles. The highest BCUT2D eigenvalue weighted by atomic mass is 32.2. The number of thioether (sulfide) groups is 1. The smallest absolute Gasteiger partial charge is 0.317 e. The molecule has 2 aliphatic rings. The minimum absolute atomic E-state index is 0.166. The van der Waals surface area contributed by atoms with Crippen molar-refractivity contribution in [1.29, 1.82) is 0 Å². The summed E-state index contributed by atoms with van der Waals surface area (Å²) < 4.78 is 0. The molecular formula is C12H22N2OS. The molecule has 4 heteroatoms. The predicted molar refractivity (Wildman–Crippen MR) is 68.9 cm³/mol. The van der Waals surface area contributed by atoms with E-state index < -0.39 is 0 Å². The Kier molecular flexibility index (Phi) is 4.38. The zero-order valence-corrected chi connectivity index (χ0v) is 10.9. The summed E-state index contributed by atoms with van der Waals surface area (Å²) >= 11 is 1.96. The van der Waals surface area contributed by atoms with Gasteiger partial charge in [-0.3, -0.25) is 0 Å². The number of hydrogen-bond donors (Lipinski definition) is 1. The number of rotatable bonds is 1.